The second kappa shape index (κ2) is 7.76. The Labute approximate surface area is 103 Å². The molecule has 0 bridgehead atoms. The molecule has 2 N–H and O–H groups in total. The summed E-state index contributed by atoms with van der Waals surface area (Å²) in [5, 5.41) is 8.03. The maximum atomic E-state index is 4.37. The first-order chi connectivity index (χ1) is 7.72. The Morgan fingerprint density at radius 2 is 2.19 bits per heavy atom. The van der Waals surface area contributed by atoms with E-state index in [9.17, 15) is 0 Å². The first-order valence-corrected chi connectivity index (χ1v) is 6.91. The summed E-state index contributed by atoms with van der Waals surface area (Å²) in [5.41, 5.74) is 0. The summed E-state index contributed by atoms with van der Waals surface area (Å²) in [4.78, 5) is 5.75. The van der Waals surface area contributed by atoms with Crippen molar-refractivity contribution in [2.45, 2.75) is 46.2 Å². The predicted molar refractivity (Wildman–Crippen MR) is 71.0 cm³/mol. The summed E-state index contributed by atoms with van der Waals surface area (Å²) >= 11 is 1.81. The van der Waals surface area contributed by atoms with Gasteiger partial charge in [-0.1, -0.05) is 20.8 Å². The number of nitrogens with one attached hydrogen (secondary N) is 2. The fraction of sp³-hybridized carbons (Fsp3) is 0.750. The van der Waals surface area contributed by atoms with Crippen molar-refractivity contribution in [3.8, 4) is 0 Å². The molecule has 0 saturated heterocycles. The highest BCUT2D eigenvalue weighted by atomic mass is 32.1. The van der Waals surface area contributed by atoms with Crippen LogP contribution in [-0.2, 0) is 13.0 Å². The van der Waals surface area contributed by atoms with Gasteiger partial charge in [-0.15, -0.1) is 11.3 Å². The van der Waals surface area contributed by atoms with Gasteiger partial charge >= 0.3 is 0 Å². The molecule has 0 fully saturated rings. The first-order valence-electron chi connectivity index (χ1n) is 6.10. The fourth-order valence-corrected chi connectivity index (χ4v) is 2.22. The lowest BCUT2D eigenvalue weighted by Crippen LogP contribution is -2.26. The van der Waals surface area contributed by atoms with Crippen LogP contribution in [0.3, 0.4) is 0 Å². The summed E-state index contributed by atoms with van der Waals surface area (Å²) in [6.45, 7) is 9.57. The molecule has 0 spiro atoms. The molecule has 16 heavy (non-hydrogen) atoms. The van der Waals surface area contributed by atoms with E-state index in [1.807, 2.05) is 17.5 Å². The van der Waals surface area contributed by atoms with Gasteiger partial charge in [-0.2, -0.15) is 0 Å². The van der Waals surface area contributed by atoms with E-state index >= 15 is 0 Å². The third-order valence-electron chi connectivity index (χ3n) is 2.31. The Bertz CT molecular complexity index is 284. The molecular weight excluding hydrogens is 218 g/mol. The quantitative estimate of drug-likeness (QED) is 0.685. The molecule has 92 valence electrons. The summed E-state index contributed by atoms with van der Waals surface area (Å²) in [7, 11) is 0. The third kappa shape index (κ3) is 5.58. The SMILES string of the molecule is CCc1cnc(CNCCCNC(C)C)s1. The molecule has 1 heterocycles. The molecule has 0 aliphatic heterocycles. The van der Waals surface area contributed by atoms with Gasteiger partial charge in [-0.25, -0.2) is 4.98 Å². The van der Waals surface area contributed by atoms with Gasteiger partial charge in [0.1, 0.15) is 5.01 Å². The van der Waals surface area contributed by atoms with Crippen molar-refractivity contribution in [3.63, 3.8) is 0 Å². The lowest BCUT2D eigenvalue weighted by Gasteiger charge is -2.07. The van der Waals surface area contributed by atoms with E-state index in [2.05, 4.69) is 36.4 Å². The Morgan fingerprint density at radius 1 is 1.38 bits per heavy atom. The van der Waals surface area contributed by atoms with Crippen LogP contribution in [0.1, 0.15) is 37.1 Å². The minimum Gasteiger partial charge on any atom is -0.314 e. The normalized spacial score (nSPS) is 11.2. The second-order valence-corrected chi connectivity index (χ2v) is 5.41. The zero-order chi connectivity index (χ0) is 11.8. The zero-order valence-corrected chi connectivity index (χ0v) is 11.4. The number of thiazole rings is 1. The van der Waals surface area contributed by atoms with Crippen molar-refractivity contribution in [1.29, 1.82) is 0 Å². The average Bonchev–Trinajstić information content (AvgIpc) is 2.70. The molecule has 1 rings (SSSR count). The standard InChI is InChI=1S/C12H23N3S/c1-4-11-8-15-12(16-11)9-13-6-5-7-14-10(2)3/h8,10,13-14H,4-7,9H2,1-3H3. The highest BCUT2D eigenvalue weighted by Gasteiger charge is 1.99. The molecular formula is C12H23N3S. The number of hydrogen-bond acceptors (Lipinski definition) is 4. The second-order valence-electron chi connectivity index (χ2n) is 4.21. The van der Waals surface area contributed by atoms with E-state index in [-0.39, 0.29) is 0 Å². The van der Waals surface area contributed by atoms with Gasteiger partial charge in [-0.3, -0.25) is 0 Å². The molecule has 0 saturated carbocycles. The maximum Gasteiger partial charge on any atom is 0.107 e. The van der Waals surface area contributed by atoms with E-state index in [1.54, 1.807) is 0 Å². The summed E-state index contributed by atoms with van der Waals surface area (Å²) in [6.07, 6.45) is 4.25. The van der Waals surface area contributed by atoms with E-state index in [1.165, 1.54) is 16.3 Å². The fourth-order valence-electron chi connectivity index (χ4n) is 1.39. The number of hydrogen-bond donors (Lipinski definition) is 2. The summed E-state index contributed by atoms with van der Waals surface area (Å²) < 4.78 is 0. The highest BCUT2D eigenvalue weighted by molar-refractivity contribution is 7.11. The predicted octanol–water partition coefficient (Wildman–Crippen LogP) is 2.18. The minimum atomic E-state index is 0.589. The molecule has 0 amide bonds. The van der Waals surface area contributed by atoms with Crippen LogP contribution in [0.15, 0.2) is 6.20 Å². The number of aryl methyl sites for hydroxylation is 1. The Morgan fingerprint density at radius 3 is 2.81 bits per heavy atom. The van der Waals surface area contributed by atoms with Crippen LogP contribution in [0.5, 0.6) is 0 Å². The minimum absolute atomic E-state index is 0.589. The van der Waals surface area contributed by atoms with Crippen LogP contribution in [0, 0.1) is 0 Å². The van der Waals surface area contributed by atoms with Crippen molar-refractivity contribution < 1.29 is 0 Å². The van der Waals surface area contributed by atoms with Gasteiger partial charge in [0, 0.05) is 23.7 Å². The van der Waals surface area contributed by atoms with Gasteiger partial charge in [0.15, 0.2) is 0 Å². The van der Waals surface area contributed by atoms with Crippen LogP contribution in [0.4, 0.5) is 0 Å². The zero-order valence-electron chi connectivity index (χ0n) is 10.5. The van der Waals surface area contributed by atoms with Crippen LogP contribution in [-0.4, -0.2) is 24.1 Å². The maximum absolute atomic E-state index is 4.37. The van der Waals surface area contributed by atoms with Crippen LogP contribution in [0.2, 0.25) is 0 Å². The van der Waals surface area contributed by atoms with Crippen molar-refractivity contribution in [2.24, 2.45) is 0 Å². The van der Waals surface area contributed by atoms with Gasteiger partial charge < -0.3 is 10.6 Å². The van der Waals surface area contributed by atoms with E-state index in [4.69, 9.17) is 0 Å². The van der Waals surface area contributed by atoms with Crippen molar-refractivity contribution in [1.82, 2.24) is 15.6 Å². The van der Waals surface area contributed by atoms with Crippen LogP contribution >= 0.6 is 11.3 Å². The third-order valence-corrected chi connectivity index (χ3v) is 3.45. The molecule has 3 nitrogen and oxygen atoms in total. The molecule has 0 aromatic carbocycles. The lowest BCUT2D eigenvalue weighted by atomic mass is 10.3. The molecule has 1 aromatic rings. The lowest BCUT2D eigenvalue weighted by molar-refractivity contribution is 0.547. The largest absolute Gasteiger partial charge is 0.314 e. The monoisotopic (exact) mass is 241 g/mol. The van der Waals surface area contributed by atoms with Gasteiger partial charge in [-0.05, 0) is 25.9 Å². The van der Waals surface area contributed by atoms with Crippen LogP contribution < -0.4 is 10.6 Å². The molecule has 0 atom stereocenters. The Balaban J connectivity index is 2.02. The Hall–Kier alpha value is -0.450. The van der Waals surface area contributed by atoms with Gasteiger partial charge in [0.25, 0.3) is 0 Å². The molecule has 4 heteroatoms. The average molecular weight is 241 g/mol. The highest BCUT2D eigenvalue weighted by Crippen LogP contribution is 2.12. The summed E-state index contributed by atoms with van der Waals surface area (Å²) in [6, 6.07) is 0.589. The number of rotatable bonds is 8. The van der Waals surface area contributed by atoms with E-state index in [0.717, 1.165) is 26.1 Å². The van der Waals surface area contributed by atoms with Gasteiger partial charge in [0.05, 0.1) is 0 Å². The first kappa shape index (κ1) is 13.6. The Kier molecular flexibility index (Phi) is 6.61. The molecule has 1 aromatic heterocycles. The van der Waals surface area contributed by atoms with Gasteiger partial charge in [0.2, 0.25) is 0 Å². The molecule has 0 aliphatic rings. The molecule has 0 aliphatic carbocycles. The molecule has 0 radical (unpaired) electrons. The van der Waals surface area contributed by atoms with E-state index < -0.39 is 0 Å². The molecule has 0 unspecified atom stereocenters. The topological polar surface area (TPSA) is 37.0 Å². The smallest absolute Gasteiger partial charge is 0.107 e. The van der Waals surface area contributed by atoms with Crippen molar-refractivity contribution in [2.75, 3.05) is 13.1 Å². The number of aromatic nitrogens is 1. The van der Waals surface area contributed by atoms with Crippen molar-refractivity contribution in [3.05, 3.63) is 16.1 Å². The van der Waals surface area contributed by atoms with Crippen LogP contribution in [0.25, 0.3) is 0 Å². The number of nitrogens with zero attached hydrogens (tertiary/aromatic N) is 1. The summed E-state index contributed by atoms with van der Waals surface area (Å²) in [5.74, 6) is 0. The van der Waals surface area contributed by atoms with Crippen molar-refractivity contribution >= 4 is 11.3 Å². The van der Waals surface area contributed by atoms with E-state index in [0.29, 0.717) is 6.04 Å².